The molecule has 1 saturated carbocycles. The van der Waals surface area contributed by atoms with E-state index in [0.29, 0.717) is 24.7 Å². The van der Waals surface area contributed by atoms with Crippen LogP contribution in [0.3, 0.4) is 0 Å². The molecule has 1 aromatic rings. The van der Waals surface area contributed by atoms with Gasteiger partial charge in [0.25, 0.3) is 0 Å². The highest BCUT2D eigenvalue weighted by Crippen LogP contribution is 2.18. The zero-order chi connectivity index (χ0) is 12.4. The van der Waals surface area contributed by atoms with Gasteiger partial charge in [-0.2, -0.15) is 4.68 Å². The number of nitrogens with zero attached hydrogens (tertiary/aromatic N) is 3. The van der Waals surface area contributed by atoms with Crippen molar-refractivity contribution >= 4 is 11.7 Å². The van der Waals surface area contributed by atoms with Gasteiger partial charge in [-0.1, -0.05) is 0 Å². The molecule has 0 unspecified atom stereocenters. The first-order chi connectivity index (χ1) is 8.06. The topological polar surface area (TPSA) is 90.1 Å². The molecule has 92 valence electrons. The van der Waals surface area contributed by atoms with Gasteiger partial charge in [0.1, 0.15) is 0 Å². The SMILES string of the molecule is Cc1cc([N+](=O)[O-])nn1CCC(=O)NC1CC1. The van der Waals surface area contributed by atoms with E-state index >= 15 is 0 Å². The molecule has 1 amide bonds. The van der Waals surface area contributed by atoms with Gasteiger partial charge in [0.05, 0.1) is 23.4 Å². The van der Waals surface area contributed by atoms with Crippen LogP contribution in [-0.4, -0.2) is 26.7 Å². The van der Waals surface area contributed by atoms with E-state index in [2.05, 4.69) is 10.4 Å². The van der Waals surface area contributed by atoms with Gasteiger partial charge in [0, 0.05) is 12.5 Å². The van der Waals surface area contributed by atoms with E-state index in [9.17, 15) is 14.9 Å². The largest absolute Gasteiger partial charge is 0.390 e. The van der Waals surface area contributed by atoms with Crippen LogP contribution in [0.1, 0.15) is 25.0 Å². The standard InChI is InChI=1S/C10H14N4O3/c1-7-6-9(14(16)17)12-13(7)5-4-10(15)11-8-2-3-8/h6,8H,2-5H2,1H3,(H,11,15). The summed E-state index contributed by atoms with van der Waals surface area (Å²) in [6.45, 7) is 2.11. The summed E-state index contributed by atoms with van der Waals surface area (Å²) >= 11 is 0. The molecule has 0 aliphatic heterocycles. The van der Waals surface area contributed by atoms with Gasteiger partial charge in [-0.25, -0.2) is 0 Å². The highest BCUT2D eigenvalue weighted by molar-refractivity contribution is 5.76. The van der Waals surface area contributed by atoms with Crippen molar-refractivity contribution < 1.29 is 9.72 Å². The maximum absolute atomic E-state index is 11.4. The molecule has 1 aromatic heterocycles. The van der Waals surface area contributed by atoms with Gasteiger partial charge in [0.2, 0.25) is 5.91 Å². The second-order valence-corrected chi connectivity index (χ2v) is 4.22. The van der Waals surface area contributed by atoms with Crippen LogP contribution in [0.25, 0.3) is 0 Å². The Balaban J connectivity index is 1.89. The summed E-state index contributed by atoms with van der Waals surface area (Å²) < 4.78 is 1.49. The number of hydrogen-bond donors (Lipinski definition) is 1. The Morgan fingerprint density at radius 3 is 2.94 bits per heavy atom. The molecule has 0 aromatic carbocycles. The summed E-state index contributed by atoms with van der Waals surface area (Å²) in [5.74, 6) is -0.199. The molecule has 1 fully saturated rings. The quantitative estimate of drug-likeness (QED) is 0.606. The molecule has 0 spiro atoms. The minimum atomic E-state index is -0.534. The third-order valence-corrected chi connectivity index (χ3v) is 2.65. The predicted molar refractivity (Wildman–Crippen MR) is 59.4 cm³/mol. The number of nitrogens with one attached hydrogen (secondary N) is 1. The van der Waals surface area contributed by atoms with E-state index in [0.717, 1.165) is 12.8 Å². The first-order valence-electron chi connectivity index (χ1n) is 5.54. The minimum Gasteiger partial charge on any atom is -0.358 e. The number of carbonyl (C=O) groups excluding carboxylic acids is 1. The van der Waals surface area contributed by atoms with E-state index < -0.39 is 4.92 Å². The average molecular weight is 238 g/mol. The van der Waals surface area contributed by atoms with Crippen molar-refractivity contribution in [2.75, 3.05) is 0 Å². The third kappa shape index (κ3) is 3.02. The molecular formula is C10H14N4O3. The van der Waals surface area contributed by atoms with Crippen molar-refractivity contribution in [1.29, 1.82) is 0 Å². The van der Waals surface area contributed by atoms with Gasteiger partial charge in [0.15, 0.2) is 0 Å². The van der Waals surface area contributed by atoms with Crippen molar-refractivity contribution in [2.24, 2.45) is 0 Å². The van der Waals surface area contributed by atoms with Crippen LogP contribution in [-0.2, 0) is 11.3 Å². The second kappa shape index (κ2) is 4.52. The van der Waals surface area contributed by atoms with Crippen LogP contribution in [0, 0.1) is 17.0 Å². The summed E-state index contributed by atoms with van der Waals surface area (Å²) in [6.07, 6.45) is 2.41. The summed E-state index contributed by atoms with van der Waals surface area (Å²) in [7, 11) is 0. The van der Waals surface area contributed by atoms with Crippen molar-refractivity contribution in [3.8, 4) is 0 Å². The van der Waals surface area contributed by atoms with Crippen LogP contribution in [0.4, 0.5) is 5.82 Å². The zero-order valence-electron chi connectivity index (χ0n) is 9.55. The zero-order valence-corrected chi connectivity index (χ0v) is 9.55. The monoisotopic (exact) mass is 238 g/mol. The van der Waals surface area contributed by atoms with Crippen LogP contribution in [0.2, 0.25) is 0 Å². The van der Waals surface area contributed by atoms with Crippen LogP contribution >= 0.6 is 0 Å². The molecule has 17 heavy (non-hydrogen) atoms. The molecule has 0 bridgehead atoms. The third-order valence-electron chi connectivity index (χ3n) is 2.65. The maximum Gasteiger partial charge on any atom is 0.390 e. The van der Waals surface area contributed by atoms with E-state index in [1.54, 1.807) is 6.92 Å². The summed E-state index contributed by atoms with van der Waals surface area (Å²) in [5.41, 5.74) is 0.691. The van der Waals surface area contributed by atoms with Crippen molar-refractivity contribution in [3.63, 3.8) is 0 Å². The number of amides is 1. The number of aromatic nitrogens is 2. The normalized spacial score (nSPS) is 14.6. The smallest absolute Gasteiger partial charge is 0.358 e. The number of aryl methyl sites for hydroxylation is 2. The van der Waals surface area contributed by atoms with E-state index in [-0.39, 0.29) is 11.7 Å². The molecule has 1 heterocycles. The molecule has 1 aliphatic rings. The summed E-state index contributed by atoms with van der Waals surface area (Å²) in [4.78, 5) is 21.4. The second-order valence-electron chi connectivity index (χ2n) is 4.22. The molecule has 0 radical (unpaired) electrons. The molecule has 0 saturated heterocycles. The Bertz CT molecular complexity index is 450. The maximum atomic E-state index is 11.4. The van der Waals surface area contributed by atoms with Gasteiger partial charge < -0.3 is 15.4 Å². The number of hydrogen-bond acceptors (Lipinski definition) is 4. The Kier molecular flexibility index (Phi) is 3.08. The first kappa shape index (κ1) is 11.6. The fourth-order valence-corrected chi connectivity index (χ4v) is 1.54. The van der Waals surface area contributed by atoms with E-state index in [1.165, 1.54) is 10.7 Å². The Morgan fingerprint density at radius 2 is 2.41 bits per heavy atom. The van der Waals surface area contributed by atoms with Crippen LogP contribution in [0.15, 0.2) is 6.07 Å². The van der Waals surface area contributed by atoms with Crippen molar-refractivity contribution in [3.05, 3.63) is 21.9 Å². The molecular weight excluding hydrogens is 224 g/mol. The first-order valence-corrected chi connectivity index (χ1v) is 5.54. The van der Waals surface area contributed by atoms with E-state index in [4.69, 9.17) is 0 Å². The Labute approximate surface area is 98.0 Å². The van der Waals surface area contributed by atoms with Gasteiger partial charge in [-0.3, -0.25) is 4.79 Å². The lowest BCUT2D eigenvalue weighted by Gasteiger charge is -2.02. The highest BCUT2D eigenvalue weighted by Gasteiger charge is 2.23. The van der Waals surface area contributed by atoms with Crippen molar-refractivity contribution in [2.45, 2.75) is 38.8 Å². The van der Waals surface area contributed by atoms with E-state index in [1.807, 2.05) is 0 Å². The van der Waals surface area contributed by atoms with Gasteiger partial charge in [-0.15, -0.1) is 0 Å². The fourth-order valence-electron chi connectivity index (χ4n) is 1.54. The lowest BCUT2D eigenvalue weighted by molar-refractivity contribution is -0.389. The predicted octanol–water partition coefficient (Wildman–Crippen LogP) is 0.768. The Morgan fingerprint density at radius 1 is 1.71 bits per heavy atom. The summed E-state index contributed by atoms with van der Waals surface area (Å²) in [6, 6.07) is 1.74. The van der Waals surface area contributed by atoms with Crippen LogP contribution in [0.5, 0.6) is 0 Å². The lowest BCUT2D eigenvalue weighted by atomic mass is 10.3. The highest BCUT2D eigenvalue weighted by atomic mass is 16.6. The molecule has 2 rings (SSSR count). The Hall–Kier alpha value is -1.92. The van der Waals surface area contributed by atoms with Gasteiger partial charge in [-0.05, 0) is 24.7 Å². The minimum absolute atomic E-state index is 0.0231. The molecule has 1 aliphatic carbocycles. The molecule has 7 nitrogen and oxygen atoms in total. The number of nitro groups is 1. The molecule has 7 heteroatoms. The number of rotatable bonds is 5. The lowest BCUT2D eigenvalue weighted by Crippen LogP contribution is -2.26. The van der Waals surface area contributed by atoms with Crippen molar-refractivity contribution in [1.82, 2.24) is 15.1 Å². The van der Waals surface area contributed by atoms with Gasteiger partial charge >= 0.3 is 5.82 Å². The molecule has 1 N–H and O–H groups in total. The number of carbonyl (C=O) groups is 1. The molecule has 0 atom stereocenters. The fraction of sp³-hybridized carbons (Fsp3) is 0.600. The average Bonchev–Trinajstić information content (AvgIpc) is 2.98. The van der Waals surface area contributed by atoms with Crippen LogP contribution < -0.4 is 5.32 Å². The summed E-state index contributed by atoms with van der Waals surface area (Å²) in [5, 5.41) is 17.2.